The highest BCUT2D eigenvalue weighted by molar-refractivity contribution is 7.89. The molecule has 2 heterocycles. The average Bonchev–Trinajstić information content (AvgIpc) is 3.34. The van der Waals surface area contributed by atoms with Gasteiger partial charge in [-0.05, 0) is 55.2 Å². The topological polar surface area (TPSA) is 106 Å². The van der Waals surface area contributed by atoms with Gasteiger partial charge in [0.05, 0.1) is 4.90 Å². The second-order valence-electron chi connectivity index (χ2n) is 7.97. The van der Waals surface area contributed by atoms with Crippen LogP contribution in [0.25, 0.3) is 11.0 Å². The summed E-state index contributed by atoms with van der Waals surface area (Å²) in [5.41, 5.74) is 1.27. The lowest BCUT2D eigenvalue weighted by molar-refractivity contribution is -0.118. The largest absolute Gasteiger partial charge is 0.484 e. The Morgan fingerprint density at radius 3 is 2.67 bits per heavy atom. The number of carbonyl (C=O) groups excluding carboxylic acids is 1. The third kappa shape index (κ3) is 5.26. The number of amides is 1. The molecule has 8 nitrogen and oxygen atoms in total. The van der Waals surface area contributed by atoms with E-state index in [1.165, 1.54) is 22.5 Å². The fourth-order valence-corrected chi connectivity index (χ4v) is 5.50. The van der Waals surface area contributed by atoms with Gasteiger partial charge in [-0.15, -0.1) is 0 Å². The zero-order valence-electron chi connectivity index (χ0n) is 18.4. The van der Waals surface area contributed by atoms with E-state index in [2.05, 4.69) is 5.32 Å². The van der Waals surface area contributed by atoms with Crippen molar-refractivity contribution in [2.24, 2.45) is 0 Å². The van der Waals surface area contributed by atoms with Gasteiger partial charge in [0.25, 0.3) is 5.91 Å². The summed E-state index contributed by atoms with van der Waals surface area (Å²) in [6.07, 6.45) is 3.37. The minimum absolute atomic E-state index is 0.149. The lowest BCUT2D eigenvalue weighted by Gasteiger charge is -2.16. The first-order valence-corrected chi connectivity index (χ1v) is 12.4. The Morgan fingerprint density at radius 2 is 1.91 bits per heavy atom. The molecule has 3 aromatic rings. The van der Waals surface area contributed by atoms with E-state index in [0.717, 1.165) is 36.6 Å². The van der Waals surface area contributed by atoms with Crippen molar-refractivity contribution in [1.82, 2.24) is 4.31 Å². The van der Waals surface area contributed by atoms with E-state index < -0.39 is 21.6 Å². The van der Waals surface area contributed by atoms with Crippen molar-refractivity contribution in [3.63, 3.8) is 0 Å². The number of carbonyl (C=O) groups is 1. The Hall–Kier alpha value is -3.17. The smallest absolute Gasteiger partial charge is 0.336 e. The first kappa shape index (κ1) is 23.0. The standard InChI is InChI=1S/C24H26N2O6S/c1-2-6-17-13-24(28)32-22-15-19(9-10-21(17)22)31-16-23(27)25-18-7-5-8-20(14-18)33(29,30)26-11-3-4-12-26/h5,7-10,13-15H,2-4,6,11-12,16H2,1H3,(H,25,27). The molecule has 0 unspecified atom stereocenters. The maximum Gasteiger partial charge on any atom is 0.336 e. The van der Waals surface area contributed by atoms with E-state index >= 15 is 0 Å². The van der Waals surface area contributed by atoms with Crippen LogP contribution in [0.1, 0.15) is 31.7 Å². The molecule has 0 saturated carbocycles. The Balaban J connectivity index is 1.42. The molecule has 4 rings (SSSR count). The molecule has 1 aromatic heterocycles. The summed E-state index contributed by atoms with van der Waals surface area (Å²) >= 11 is 0. The predicted molar refractivity (Wildman–Crippen MR) is 125 cm³/mol. The van der Waals surface area contributed by atoms with Gasteiger partial charge in [-0.25, -0.2) is 13.2 Å². The molecule has 1 saturated heterocycles. The van der Waals surface area contributed by atoms with Gasteiger partial charge in [0.15, 0.2) is 6.61 Å². The molecule has 1 fully saturated rings. The van der Waals surface area contributed by atoms with Gasteiger partial charge < -0.3 is 14.5 Å². The number of ether oxygens (including phenoxy) is 1. The first-order chi connectivity index (χ1) is 15.9. The lowest BCUT2D eigenvalue weighted by Crippen LogP contribution is -2.28. The van der Waals surface area contributed by atoms with Gasteiger partial charge in [-0.2, -0.15) is 4.31 Å². The molecule has 33 heavy (non-hydrogen) atoms. The number of aryl methyl sites for hydroxylation is 1. The molecule has 0 spiro atoms. The van der Waals surface area contributed by atoms with Crippen LogP contribution >= 0.6 is 0 Å². The van der Waals surface area contributed by atoms with Crippen LogP contribution in [0.15, 0.2) is 62.6 Å². The molecule has 1 N–H and O–H groups in total. The quantitative estimate of drug-likeness (QED) is 0.505. The Bertz CT molecular complexity index is 1330. The molecule has 0 radical (unpaired) electrons. The molecule has 9 heteroatoms. The molecule has 1 aliphatic rings. The van der Waals surface area contributed by atoms with E-state index in [0.29, 0.717) is 30.1 Å². The number of nitrogens with zero attached hydrogens (tertiary/aromatic N) is 1. The van der Waals surface area contributed by atoms with E-state index in [-0.39, 0.29) is 11.5 Å². The van der Waals surface area contributed by atoms with E-state index in [1.807, 2.05) is 13.0 Å². The fourth-order valence-electron chi connectivity index (χ4n) is 3.93. The van der Waals surface area contributed by atoms with Gasteiger partial charge in [0, 0.05) is 36.3 Å². The highest BCUT2D eigenvalue weighted by atomic mass is 32.2. The summed E-state index contributed by atoms with van der Waals surface area (Å²) in [5.74, 6) is -0.0492. The molecule has 1 amide bonds. The predicted octanol–water partition coefficient (Wildman–Crippen LogP) is 3.55. The van der Waals surface area contributed by atoms with Crippen LogP contribution in [0.4, 0.5) is 5.69 Å². The zero-order chi connectivity index (χ0) is 23.4. The van der Waals surface area contributed by atoms with Gasteiger partial charge in [-0.1, -0.05) is 19.4 Å². The van der Waals surface area contributed by atoms with Crippen molar-refractivity contribution < 1.29 is 22.4 Å². The molecule has 2 aromatic carbocycles. The Labute approximate surface area is 192 Å². The van der Waals surface area contributed by atoms with Crippen molar-refractivity contribution >= 4 is 32.6 Å². The number of sulfonamides is 1. The number of benzene rings is 2. The van der Waals surface area contributed by atoms with Gasteiger partial charge >= 0.3 is 5.63 Å². The second kappa shape index (κ2) is 9.76. The third-order valence-electron chi connectivity index (χ3n) is 5.51. The van der Waals surface area contributed by atoms with Gasteiger partial charge in [0.1, 0.15) is 11.3 Å². The van der Waals surface area contributed by atoms with Crippen LogP contribution in [-0.4, -0.2) is 38.3 Å². The molecule has 1 aliphatic heterocycles. The van der Waals surface area contributed by atoms with Crippen LogP contribution in [0.5, 0.6) is 5.75 Å². The summed E-state index contributed by atoms with van der Waals surface area (Å²) in [6.45, 7) is 2.78. The van der Waals surface area contributed by atoms with Crippen LogP contribution in [0, 0.1) is 0 Å². The number of fused-ring (bicyclic) bond motifs is 1. The van der Waals surface area contributed by atoms with Crippen LogP contribution < -0.4 is 15.7 Å². The zero-order valence-corrected chi connectivity index (χ0v) is 19.2. The normalized spacial score (nSPS) is 14.5. The van der Waals surface area contributed by atoms with Crippen molar-refractivity contribution in [2.75, 3.05) is 25.0 Å². The monoisotopic (exact) mass is 470 g/mol. The summed E-state index contributed by atoms with van der Waals surface area (Å²) in [4.78, 5) is 24.4. The highest BCUT2D eigenvalue weighted by Gasteiger charge is 2.27. The molecule has 0 atom stereocenters. The van der Waals surface area contributed by atoms with Crippen molar-refractivity contribution in [1.29, 1.82) is 0 Å². The molecule has 0 bridgehead atoms. The van der Waals surface area contributed by atoms with Crippen molar-refractivity contribution in [3.05, 3.63) is 64.5 Å². The molecular weight excluding hydrogens is 444 g/mol. The number of hydrogen-bond acceptors (Lipinski definition) is 6. The van der Waals surface area contributed by atoms with Gasteiger partial charge in [0.2, 0.25) is 10.0 Å². The lowest BCUT2D eigenvalue weighted by atomic mass is 10.1. The molecule has 0 aliphatic carbocycles. The fraction of sp³-hybridized carbons (Fsp3) is 0.333. The summed E-state index contributed by atoms with van der Waals surface area (Å²) in [6, 6.07) is 12.8. The van der Waals surface area contributed by atoms with Crippen molar-refractivity contribution in [3.8, 4) is 5.75 Å². The van der Waals surface area contributed by atoms with E-state index in [1.54, 1.807) is 24.3 Å². The minimum atomic E-state index is -3.57. The summed E-state index contributed by atoms with van der Waals surface area (Å²) < 4.78 is 37.8. The van der Waals surface area contributed by atoms with Gasteiger partial charge in [-0.3, -0.25) is 4.79 Å². The first-order valence-electron chi connectivity index (χ1n) is 11.0. The maximum atomic E-state index is 12.7. The maximum absolute atomic E-state index is 12.7. The highest BCUT2D eigenvalue weighted by Crippen LogP contribution is 2.25. The van der Waals surface area contributed by atoms with E-state index in [9.17, 15) is 18.0 Å². The number of nitrogens with one attached hydrogen (secondary N) is 1. The Morgan fingerprint density at radius 1 is 1.12 bits per heavy atom. The summed E-state index contributed by atoms with van der Waals surface area (Å²) in [5, 5.41) is 3.50. The number of hydrogen-bond donors (Lipinski definition) is 1. The summed E-state index contributed by atoms with van der Waals surface area (Å²) in [7, 11) is -3.57. The van der Waals surface area contributed by atoms with Crippen LogP contribution in [-0.2, 0) is 21.2 Å². The third-order valence-corrected chi connectivity index (χ3v) is 7.41. The van der Waals surface area contributed by atoms with Crippen LogP contribution in [0.3, 0.4) is 0 Å². The average molecular weight is 471 g/mol. The molecular formula is C24H26N2O6S. The number of rotatable bonds is 8. The van der Waals surface area contributed by atoms with E-state index in [4.69, 9.17) is 9.15 Å². The molecule has 174 valence electrons. The minimum Gasteiger partial charge on any atom is -0.484 e. The Kier molecular flexibility index (Phi) is 6.80. The van der Waals surface area contributed by atoms with Crippen LogP contribution in [0.2, 0.25) is 0 Å². The van der Waals surface area contributed by atoms with Crippen molar-refractivity contribution in [2.45, 2.75) is 37.5 Å². The SMILES string of the molecule is CCCc1cc(=O)oc2cc(OCC(=O)Nc3cccc(S(=O)(=O)N4CCCC4)c3)ccc12. The second-order valence-corrected chi connectivity index (χ2v) is 9.91. The number of anilines is 1.